The molecule has 1 aliphatic rings. The Morgan fingerprint density at radius 2 is 1.43 bits per heavy atom. The molecule has 1 aliphatic heterocycles. The second kappa shape index (κ2) is 24.8. The van der Waals surface area contributed by atoms with Crippen molar-refractivity contribution in [1.82, 2.24) is 15.1 Å². The van der Waals surface area contributed by atoms with Crippen LogP contribution in [-0.4, -0.2) is 127 Å². The van der Waals surface area contributed by atoms with Crippen LogP contribution in [0, 0.1) is 0 Å². The number of alkyl halides is 6. The minimum absolute atomic E-state index is 0.144. The summed E-state index contributed by atoms with van der Waals surface area (Å²) in [5.74, 6) is -4.67. The summed E-state index contributed by atoms with van der Waals surface area (Å²) in [5, 5.41) is 26.1. The van der Waals surface area contributed by atoms with E-state index in [0.29, 0.717) is 32.6 Å². The Morgan fingerprint density at radius 1 is 0.870 bits per heavy atom. The molecule has 1 amide bonds. The average molecular weight is 782 g/mol. The maximum absolute atomic E-state index is 12.4. The summed E-state index contributed by atoms with van der Waals surface area (Å²) in [5.41, 5.74) is 10.3. The van der Waals surface area contributed by atoms with E-state index in [9.17, 15) is 31.1 Å². The Balaban J connectivity index is 0.000000879. The van der Waals surface area contributed by atoms with Crippen molar-refractivity contribution < 1.29 is 65.5 Å². The largest absolute Gasteiger partial charge is 0.493 e. The molecule has 1 heterocycles. The standard InChI is InChI=1S/C31H47N5O4.2C2HF3O2/c1-3-4-14-33-31(32)34-30(38)13-9-25-8-12-28(29(23-25)40-22-5-21-39-2)27-10-6-26(7-11-27)24-36-17-15-35(16-18-36)19-20-37;2*3-2(4,5)1(6)7/h6-8,10-12,23,37H,3-5,9,13-22,24H2,1-2H3,(H3,32,33,34,38);2*(H,6,7). The van der Waals surface area contributed by atoms with Gasteiger partial charge in [0.05, 0.1) is 13.2 Å². The smallest absolute Gasteiger partial charge is 0.490 e. The first-order chi connectivity index (χ1) is 25.4. The third kappa shape index (κ3) is 20.1. The number of carbonyl (C=O) groups excluding carboxylic acids is 1. The highest BCUT2D eigenvalue weighted by molar-refractivity contribution is 5.96. The highest BCUT2D eigenvalue weighted by Gasteiger charge is 2.38. The quantitative estimate of drug-likeness (QED) is 0.0708. The number of halogens is 6. The van der Waals surface area contributed by atoms with Crippen molar-refractivity contribution in [3.05, 3.63) is 53.6 Å². The fourth-order valence-corrected chi connectivity index (χ4v) is 4.69. The van der Waals surface area contributed by atoms with E-state index >= 15 is 0 Å². The van der Waals surface area contributed by atoms with E-state index in [0.717, 1.165) is 81.0 Å². The number of aryl methyl sites for hydroxylation is 1. The van der Waals surface area contributed by atoms with Gasteiger partial charge in [-0.1, -0.05) is 49.7 Å². The maximum Gasteiger partial charge on any atom is 0.490 e. The summed E-state index contributed by atoms with van der Waals surface area (Å²) in [6.07, 6.45) is -6.50. The number of β-amino-alcohol motifs (C(OH)–C–C–N with tert-alkyl or cyclic N) is 1. The molecule has 0 aromatic heterocycles. The van der Waals surface area contributed by atoms with E-state index in [1.165, 1.54) is 5.56 Å². The molecule has 0 saturated carbocycles. The number of carboxylic acid groups (broad SMARTS) is 2. The molecule has 0 unspecified atom stereocenters. The first-order valence-corrected chi connectivity index (χ1v) is 17.0. The van der Waals surface area contributed by atoms with Gasteiger partial charge in [-0.2, -0.15) is 26.3 Å². The molecule has 1 saturated heterocycles. The number of hydrogen-bond donors (Lipinski definition) is 5. The average Bonchev–Trinajstić information content (AvgIpc) is 3.10. The molecular formula is C35H49F6N5O8. The van der Waals surface area contributed by atoms with E-state index in [4.69, 9.17) is 40.1 Å². The van der Waals surface area contributed by atoms with Gasteiger partial charge in [-0.3, -0.25) is 24.9 Å². The monoisotopic (exact) mass is 781 g/mol. The second-order valence-corrected chi connectivity index (χ2v) is 11.8. The highest BCUT2D eigenvalue weighted by Crippen LogP contribution is 2.32. The first-order valence-electron chi connectivity index (χ1n) is 17.0. The lowest BCUT2D eigenvalue weighted by Gasteiger charge is -2.34. The van der Waals surface area contributed by atoms with Crippen LogP contribution in [0.5, 0.6) is 5.75 Å². The fraction of sp³-hybridized carbons (Fsp3) is 0.543. The predicted octanol–water partition coefficient (Wildman–Crippen LogP) is 4.31. The zero-order valence-electron chi connectivity index (χ0n) is 30.2. The molecule has 0 spiro atoms. The molecule has 0 atom stereocenters. The van der Waals surface area contributed by atoms with Crippen molar-refractivity contribution in [3.63, 3.8) is 0 Å². The van der Waals surface area contributed by atoms with Gasteiger partial charge in [0, 0.05) is 77.9 Å². The summed E-state index contributed by atoms with van der Waals surface area (Å²) in [7, 11) is 1.69. The normalized spacial score (nSPS) is 13.9. The number of piperazine rings is 1. The van der Waals surface area contributed by atoms with Crippen LogP contribution in [0.1, 0.15) is 43.7 Å². The summed E-state index contributed by atoms with van der Waals surface area (Å²) in [6.45, 7) is 9.82. The molecule has 3 rings (SSSR count). The number of aliphatic hydroxyl groups is 1. The Labute approximate surface area is 309 Å². The molecule has 0 aliphatic carbocycles. The molecule has 0 bridgehead atoms. The molecule has 13 nitrogen and oxygen atoms in total. The number of guanidine groups is 1. The van der Waals surface area contributed by atoms with Crippen molar-refractivity contribution >= 4 is 23.8 Å². The van der Waals surface area contributed by atoms with E-state index in [-0.39, 0.29) is 18.5 Å². The van der Waals surface area contributed by atoms with E-state index in [1.54, 1.807) is 7.11 Å². The van der Waals surface area contributed by atoms with E-state index in [2.05, 4.69) is 63.4 Å². The summed E-state index contributed by atoms with van der Waals surface area (Å²) < 4.78 is 74.8. The summed E-state index contributed by atoms with van der Waals surface area (Å²) >= 11 is 0. The van der Waals surface area contributed by atoms with Gasteiger partial charge in [0.1, 0.15) is 5.75 Å². The highest BCUT2D eigenvalue weighted by atomic mass is 19.4. The number of ether oxygens (including phenoxy) is 2. The van der Waals surface area contributed by atoms with Crippen LogP contribution in [0.2, 0.25) is 0 Å². The van der Waals surface area contributed by atoms with Crippen LogP contribution in [-0.2, 0) is 32.1 Å². The number of hydrogen-bond acceptors (Lipinski definition) is 9. The SMILES string of the molecule is CCCCN=C(N)NC(=O)CCc1ccc(-c2ccc(CN3CCN(CCO)CC3)cc2)c(OCCCOC)c1.O=C(O)C(F)(F)F.O=C(O)C(F)(F)F. The van der Waals surface area contributed by atoms with Gasteiger partial charge in [0.25, 0.3) is 0 Å². The minimum atomic E-state index is -5.08. The molecular weight excluding hydrogens is 732 g/mol. The lowest BCUT2D eigenvalue weighted by atomic mass is 9.99. The van der Waals surface area contributed by atoms with Gasteiger partial charge in [0.15, 0.2) is 5.96 Å². The summed E-state index contributed by atoms with van der Waals surface area (Å²) in [4.78, 5) is 39.1. The van der Waals surface area contributed by atoms with Gasteiger partial charge in [0.2, 0.25) is 5.91 Å². The number of aliphatic imine (C=N–C) groups is 1. The second-order valence-electron chi connectivity index (χ2n) is 11.8. The Morgan fingerprint density at radius 3 is 1.94 bits per heavy atom. The van der Waals surface area contributed by atoms with Crippen LogP contribution in [0.25, 0.3) is 11.1 Å². The Kier molecular flexibility index (Phi) is 21.8. The maximum atomic E-state index is 12.4. The van der Waals surface area contributed by atoms with Gasteiger partial charge < -0.3 is 30.5 Å². The van der Waals surface area contributed by atoms with E-state index < -0.39 is 24.3 Å². The number of unbranched alkanes of at least 4 members (excludes halogenated alkanes) is 1. The zero-order chi connectivity index (χ0) is 40.7. The van der Waals surface area contributed by atoms with Crippen LogP contribution >= 0.6 is 0 Å². The van der Waals surface area contributed by atoms with Crippen LogP contribution < -0.4 is 15.8 Å². The number of nitrogens with zero attached hydrogens (tertiary/aromatic N) is 3. The van der Waals surface area contributed by atoms with Gasteiger partial charge in [-0.25, -0.2) is 9.59 Å². The molecule has 304 valence electrons. The number of carboxylic acids is 2. The van der Waals surface area contributed by atoms with Crippen LogP contribution in [0.15, 0.2) is 47.5 Å². The number of amides is 1. The Bertz CT molecular complexity index is 1430. The number of methoxy groups -OCH3 is 1. The third-order valence-electron chi connectivity index (χ3n) is 7.54. The zero-order valence-corrected chi connectivity index (χ0v) is 30.2. The van der Waals surface area contributed by atoms with Crippen LogP contribution in [0.3, 0.4) is 0 Å². The molecule has 0 radical (unpaired) electrons. The molecule has 19 heteroatoms. The summed E-state index contributed by atoms with van der Waals surface area (Å²) in [6, 6.07) is 14.9. The minimum Gasteiger partial charge on any atom is -0.493 e. The molecule has 54 heavy (non-hydrogen) atoms. The number of rotatable bonds is 16. The topological polar surface area (TPSA) is 187 Å². The number of benzene rings is 2. The number of aliphatic hydroxyl groups excluding tert-OH is 1. The van der Waals surface area contributed by atoms with Crippen molar-refractivity contribution in [1.29, 1.82) is 0 Å². The molecule has 2 aromatic carbocycles. The lowest BCUT2D eigenvalue weighted by molar-refractivity contribution is -0.193. The molecule has 1 fully saturated rings. The van der Waals surface area contributed by atoms with E-state index in [1.807, 2.05) is 6.07 Å². The van der Waals surface area contributed by atoms with Gasteiger partial charge in [-0.15, -0.1) is 0 Å². The number of aliphatic carboxylic acids is 2. The third-order valence-corrected chi connectivity index (χ3v) is 7.54. The lowest BCUT2D eigenvalue weighted by Crippen LogP contribution is -2.46. The van der Waals surface area contributed by atoms with Gasteiger partial charge in [-0.05, 0) is 35.6 Å². The van der Waals surface area contributed by atoms with Gasteiger partial charge >= 0.3 is 24.3 Å². The van der Waals surface area contributed by atoms with Crippen molar-refractivity contribution in [3.8, 4) is 16.9 Å². The number of nitrogens with one attached hydrogen (secondary N) is 1. The molecule has 6 N–H and O–H groups in total. The van der Waals surface area contributed by atoms with Crippen molar-refractivity contribution in [2.45, 2.75) is 57.9 Å². The number of carbonyl (C=O) groups is 3. The first kappa shape index (κ1) is 47.6. The van der Waals surface area contributed by atoms with Crippen molar-refractivity contribution in [2.75, 3.05) is 66.2 Å². The predicted molar refractivity (Wildman–Crippen MR) is 188 cm³/mol. The van der Waals surface area contributed by atoms with Crippen LogP contribution in [0.4, 0.5) is 26.3 Å². The molecule has 2 aromatic rings. The number of nitrogens with two attached hydrogens (primary N) is 1. The van der Waals surface area contributed by atoms with Crippen molar-refractivity contribution in [2.24, 2.45) is 10.7 Å². The Hall–Kier alpha value is -4.46. The fourth-order valence-electron chi connectivity index (χ4n) is 4.69.